The predicted octanol–water partition coefficient (Wildman–Crippen LogP) is 3.98. The fourth-order valence-electron chi connectivity index (χ4n) is 2.04. The molecule has 2 aromatic carbocycles. The summed E-state index contributed by atoms with van der Waals surface area (Å²) in [5, 5.41) is 0. The van der Waals surface area contributed by atoms with E-state index < -0.39 is 11.8 Å². The standard InChI is InChI=1S/C18H19FO4/c1-12(2)23-15-9-13(8-14(10-15)18(20)21-3)11-22-17-7-5-4-6-16(17)19/h4-10,12H,11H2,1-3H3. The highest BCUT2D eigenvalue weighted by Gasteiger charge is 2.11. The van der Waals surface area contributed by atoms with Crippen LogP contribution in [0.4, 0.5) is 4.39 Å². The van der Waals surface area contributed by atoms with E-state index in [1.54, 1.807) is 36.4 Å². The van der Waals surface area contributed by atoms with Crippen LogP contribution in [-0.4, -0.2) is 19.2 Å². The van der Waals surface area contributed by atoms with E-state index in [-0.39, 0.29) is 18.5 Å². The number of carbonyl (C=O) groups excluding carboxylic acids is 1. The molecule has 2 rings (SSSR count). The highest BCUT2D eigenvalue weighted by atomic mass is 19.1. The van der Waals surface area contributed by atoms with Gasteiger partial charge in [0, 0.05) is 0 Å². The number of hydrogen-bond donors (Lipinski definition) is 0. The van der Waals surface area contributed by atoms with Gasteiger partial charge in [-0.1, -0.05) is 12.1 Å². The average molecular weight is 318 g/mol. The monoisotopic (exact) mass is 318 g/mol. The van der Waals surface area contributed by atoms with Crippen LogP contribution in [0.1, 0.15) is 29.8 Å². The van der Waals surface area contributed by atoms with Gasteiger partial charge in [-0.25, -0.2) is 9.18 Å². The molecule has 0 aliphatic carbocycles. The summed E-state index contributed by atoms with van der Waals surface area (Å²) in [6.45, 7) is 3.89. The van der Waals surface area contributed by atoms with Crippen molar-refractivity contribution >= 4 is 5.97 Å². The summed E-state index contributed by atoms with van der Waals surface area (Å²) in [7, 11) is 1.31. The molecule has 2 aromatic rings. The van der Waals surface area contributed by atoms with Gasteiger partial charge in [-0.15, -0.1) is 0 Å². The lowest BCUT2D eigenvalue weighted by molar-refractivity contribution is 0.0599. The van der Waals surface area contributed by atoms with Crippen LogP contribution in [0.3, 0.4) is 0 Å². The van der Waals surface area contributed by atoms with Crippen LogP contribution in [0.25, 0.3) is 0 Å². The van der Waals surface area contributed by atoms with Crippen molar-refractivity contribution in [3.05, 3.63) is 59.4 Å². The van der Waals surface area contributed by atoms with Crippen molar-refractivity contribution in [2.45, 2.75) is 26.6 Å². The van der Waals surface area contributed by atoms with Gasteiger partial charge >= 0.3 is 5.97 Å². The van der Waals surface area contributed by atoms with E-state index in [9.17, 15) is 9.18 Å². The smallest absolute Gasteiger partial charge is 0.337 e. The van der Waals surface area contributed by atoms with Crippen molar-refractivity contribution in [3.63, 3.8) is 0 Å². The lowest BCUT2D eigenvalue weighted by Gasteiger charge is -2.13. The molecule has 5 heteroatoms. The first-order valence-electron chi connectivity index (χ1n) is 7.26. The molecule has 0 aliphatic heterocycles. The van der Waals surface area contributed by atoms with E-state index in [2.05, 4.69) is 0 Å². The molecule has 0 amide bonds. The van der Waals surface area contributed by atoms with Crippen molar-refractivity contribution in [2.75, 3.05) is 7.11 Å². The van der Waals surface area contributed by atoms with Gasteiger partial charge in [0.2, 0.25) is 0 Å². The molecule has 0 saturated carbocycles. The predicted molar refractivity (Wildman–Crippen MR) is 84.3 cm³/mol. The maximum absolute atomic E-state index is 13.6. The number of esters is 1. The quantitative estimate of drug-likeness (QED) is 0.756. The zero-order valence-electron chi connectivity index (χ0n) is 13.3. The van der Waals surface area contributed by atoms with Gasteiger partial charge in [0.15, 0.2) is 11.6 Å². The molecule has 0 N–H and O–H groups in total. The molecule has 0 bridgehead atoms. The Morgan fingerprint density at radius 2 is 1.91 bits per heavy atom. The van der Waals surface area contributed by atoms with E-state index in [4.69, 9.17) is 14.2 Å². The largest absolute Gasteiger partial charge is 0.491 e. The lowest BCUT2D eigenvalue weighted by Crippen LogP contribution is -2.09. The topological polar surface area (TPSA) is 44.8 Å². The molecule has 0 unspecified atom stereocenters. The average Bonchev–Trinajstić information content (AvgIpc) is 2.52. The van der Waals surface area contributed by atoms with E-state index in [1.165, 1.54) is 13.2 Å². The minimum atomic E-state index is -0.466. The molecule has 0 saturated heterocycles. The minimum Gasteiger partial charge on any atom is -0.491 e. The first-order valence-corrected chi connectivity index (χ1v) is 7.26. The van der Waals surface area contributed by atoms with Crippen molar-refractivity contribution < 1.29 is 23.4 Å². The first-order chi connectivity index (χ1) is 11.0. The summed E-state index contributed by atoms with van der Waals surface area (Å²) in [5.74, 6) is -0.209. The second-order valence-electron chi connectivity index (χ2n) is 5.24. The highest BCUT2D eigenvalue weighted by molar-refractivity contribution is 5.90. The fourth-order valence-corrected chi connectivity index (χ4v) is 2.04. The van der Waals surface area contributed by atoms with Gasteiger partial charge in [-0.05, 0) is 49.7 Å². The third kappa shape index (κ3) is 4.71. The molecular formula is C18H19FO4. The molecule has 0 heterocycles. The minimum absolute atomic E-state index is 0.0387. The van der Waals surface area contributed by atoms with E-state index in [0.29, 0.717) is 16.9 Å². The Hall–Kier alpha value is -2.56. The van der Waals surface area contributed by atoms with Gasteiger partial charge < -0.3 is 14.2 Å². The summed E-state index contributed by atoms with van der Waals surface area (Å²) in [6, 6.07) is 11.2. The summed E-state index contributed by atoms with van der Waals surface area (Å²) in [4.78, 5) is 11.8. The van der Waals surface area contributed by atoms with Crippen LogP contribution in [0.15, 0.2) is 42.5 Å². The normalized spacial score (nSPS) is 10.5. The SMILES string of the molecule is COC(=O)c1cc(COc2ccccc2F)cc(OC(C)C)c1. The number of methoxy groups -OCH3 is 1. The molecule has 0 atom stereocenters. The summed E-state index contributed by atoms with van der Waals surface area (Å²) >= 11 is 0. The Labute approximate surface area is 134 Å². The lowest BCUT2D eigenvalue weighted by atomic mass is 10.1. The number of ether oxygens (including phenoxy) is 3. The summed E-state index contributed by atoms with van der Waals surface area (Å²) in [5.41, 5.74) is 1.05. The van der Waals surface area contributed by atoms with E-state index in [0.717, 1.165) is 0 Å². The van der Waals surface area contributed by atoms with Gasteiger partial charge in [0.05, 0.1) is 18.8 Å². The Kier molecular flexibility index (Phi) is 5.57. The maximum atomic E-state index is 13.6. The number of benzene rings is 2. The van der Waals surface area contributed by atoms with Crippen molar-refractivity contribution in [2.24, 2.45) is 0 Å². The second-order valence-corrected chi connectivity index (χ2v) is 5.24. The fraction of sp³-hybridized carbons (Fsp3) is 0.278. The Morgan fingerprint density at radius 1 is 1.17 bits per heavy atom. The van der Waals surface area contributed by atoms with Crippen LogP contribution in [0.5, 0.6) is 11.5 Å². The van der Waals surface area contributed by atoms with Gasteiger partial charge in [-0.3, -0.25) is 0 Å². The zero-order valence-corrected chi connectivity index (χ0v) is 13.3. The second kappa shape index (κ2) is 7.63. The van der Waals surface area contributed by atoms with Crippen LogP contribution in [0.2, 0.25) is 0 Å². The molecule has 0 spiro atoms. The molecule has 4 nitrogen and oxygen atoms in total. The first kappa shape index (κ1) is 16.8. The molecule has 0 aliphatic rings. The molecule has 122 valence electrons. The number of carbonyl (C=O) groups is 1. The Bertz CT molecular complexity index is 682. The Morgan fingerprint density at radius 3 is 2.57 bits per heavy atom. The molecule has 0 aromatic heterocycles. The van der Waals surface area contributed by atoms with Crippen LogP contribution < -0.4 is 9.47 Å². The highest BCUT2D eigenvalue weighted by Crippen LogP contribution is 2.22. The van der Waals surface area contributed by atoms with Crippen LogP contribution in [0, 0.1) is 5.82 Å². The number of para-hydroxylation sites is 1. The maximum Gasteiger partial charge on any atom is 0.337 e. The van der Waals surface area contributed by atoms with Crippen LogP contribution in [-0.2, 0) is 11.3 Å². The third-order valence-corrected chi connectivity index (χ3v) is 2.99. The van der Waals surface area contributed by atoms with Crippen LogP contribution >= 0.6 is 0 Å². The summed E-state index contributed by atoms with van der Waals surface area (Å²) < 4.78 is 29.4. The molecule has 23 heavy (non-hydrogen) atoms. The van der Waals surface area contributed by atoms with Crippen molar-refractivity contribution in [1.29, 1.82) is 0 Å². The van der Waals surface area contributed by atoms with Gasteiger partial charge in [0.1, 0.15) is 12.4 Å². The molecule has 0 radical (unpaired) electrons. The third-order valence-electron chi connectivity index (χ3n) is 2.99. The zero-order chi connectivity index (χ0) is 16.8. The molecular weight excluding hydrogens is 299 g/mol. The number of hydrogen-bond acceptors (Lipinski definition) is 4. The Balaban J connectivity index is 2.22. The number of halogens is 1. The van der Waals surface area contributed by atoms with Gasteiger partial charge in [-0.2, -0.15) is 0 Å². The van der Waals surface area contributed by atoms with Crippen molar-refractivity contribution in [1.82, 2.24) is 0 Å². The van der Waals surface area contributed by atoms with E-state index in [1.807, 2.05) is 13.8 Å². The molecule has 0 fully saturated rings. The van der Waals surface area contributed by atoms with Gasteiger partial charge in [0.25, 0.3) is 0 Å². The van der Waals surface area contributed by atoms with Crippen molar-refractivity contribution in [3.8, 4) is 11.5 Å². The summed E-state index contributed by atoms with van der Waals surface area (Å²) in [6.07, 6.45) is -0.0387. The van der Waals surface area contributed by atoms with E-state index >= 15 is 0 Å². The number of rotatable bonds is 6.